The normalized spacial score (nSPS) is 12.7. The summed E-state index contributed by atoms with van der Waals surface area (Å²) in [6, 6.07) is 14.4. The summed E-state index contributed by atoms with van der Waals surface area (Å²) in [7, 11) is 0. The van der Waals surface area contributed by atoms with Crippen molar-refractivity contribution in [3.63, 3.8) is 0 Å². The molecule has 0 aliphatic heterocycles. The Morgan fingerprint density at radius 1 is 0.778 bits per heavy atom. The summed E-state index contributed by atoms with van der Waals surface area (Å²) in [6.45, 7) is 4.32. The first-order chi connectivity index (χ1) is 8.58. The minimum Gasteiger partial charge on any atom is -0.320 e. The summed E-state index contributed by atoms with van der Waals surface area (Å²) in [4.78, 5) is 0. The molecule has 2 aromatic carbocycles. The molecule has 18 heavy (non-hydrogen) atoms. The van der Waals surface area contributed by atoms with Crippen LogP contribution in [0.15, 0.2) is 48.5 Å². The van der Waals surface area contributed by atoms with Crippen molar-refractivity contribution in [2.45, 2.75) is 25.8 Å². The molecule has 0 aromatic heterocycles. The average molecular weight is 243 g/mol. The van der Waals surface area contributed by atoms with Crippen molar-refractivity contribution in [3.8, 4) is 0 Å². The number of hydrogen-bond acceptors (Lipinski definition) is 1. The van der Waals surface area contributed by atoms with Gasteiger partial charge in [-0.25, -0.2) is 4.39 Å². The van der Waals surface area contributed by atoms with Gasteiger partial charge in [0.25, 0.3) is 0 Å². The van der Waals surface area contributed by atoms with E-state index in [2.05, 4.69) is 26.0 Å². The Labute approximate surface area is 107 Å². The first-order valence-corrected chi connectivity index (χ1v) is 6.19. The number of hydrogen-bond donors (Lipinski definition) is 1. The van der Waals surface area contributed by atoms with Crippen molar-refractivity contribution in [2.75, 3.05) is 0 Å². The zero-order valence-electron chi connectivity index (χ0n) is 10.7. The van der Waals surface area contributed by atoms with Crippen molar-refractivity contribution in [1.29, 1.82) is 0 Å². The molecule has 0 aliphatic rings. The zero-order chi connectivity index (χ0) is 13.1. The molecule has 1 atom stereocenters. The second kappa shape index (κ2) is 5.32. The van der Waals surface area contributed by atoms with E-state index in [9.17, 15) is 4.39 Å². The Hall–Kier alpha value is -1.67. The maximum atomic E-state index is 12.9. The highest BCUT2D eigenvalue weighted by atomic mass is 19.1. The van der Waals surface area contributed by atoms with Crippen molar-refractivity contribution in [3.05, 3.63) is 71.0 Å². The highest BCUT2D eigenvalue weighted by Crippen LogP contribution is 2.22. The van der Waals surface area contributed by atoms with Gasteiger partial charge in [0, 0.05) is 0 Å². The fraction of sp³-hybridized carbons (Fsp3) is 0.250. The van der Waals surface area contributed by atoms with Crippen LogP contribution in [0.1, 0.15) is 42.5 Å². The molecule has 2 aromatic rings. The summed E-state index contributed by atoms with van der Waals surface area (Å²) in [5, 5.41) is 0. The van der Waals surface area contributed by atoms with Gasteiger partial charge in [0.15, 0.2) is 0 Å². The van der Waals surface area contributed by atoms with E-state index in [-0.39, 0.29) is 11.9 Å². The van der Waals surface area contributed by atoms with E-state index in [1.807, 2.05) is 12.1 Å². The number of nitrogens with two attached hydrogens (primary N) is 1. The van der Waals surface area contributed by atoms with Gasteiger partial charge in [0.1, 0.15) is 5.82 Å². The van der Waals surface area contributed by atoms with Crippen LogP contribution in [0.3, 0.4) is 0 Å². The standard InChI is InChI=1S/C16H18FN/c1-11(2)12-3-5-13(6-4-12)16(18)14-7-9-15(17)10-8-14/h3-11,16H,18H2,1-2H3. The molecule has 0 bridgehead atoms. The van der Waals surface area contributed by atoms with E-state index in [1.165, 1.54) is 17.7 Å². The average Bonchev–Trinajstić information content (AvgIpc) is 2.39. The molecule has 0 heterocycles. The Balaban J connectivity index is 2.23. The van der Waals surface area contributed by atoms with Gasteiger partial charge in [0.2, 0.25) is 0 Å². The lowest BCUT2D eigenvalue weighted by Gasteiger charge is -2.14. The molecule has 0 spiro atoms. The number of rotatable bonds is 3. The van der Waals surface area contributed by atoms with Gasteiger partial charge in [-0.15, -0.1) is 0 Å². The minimum absolute atomic E-state index is 0.202. The maximum Gasteiger partial charge on any atom is 0.123 e. The SMILES string of the molecule is CC(C)c1ccc(C(N)c2ccc(F)cc2)cc1. The van der Waals surface area contributed by atoms with Gasteiger partial charge in [-0.3, -0.25) is 0 Å². The van der Waals surface area contributed by atoms with Crippen LogP contribution in [0.2, 0.25) is 0 Å². The second-order valence-corrected chi connectivity index (χ2v) is 4.85. The van der Waals surface area contributed by atoms with Crippen molar-refractivity contribution in [2.24, 2.45) is 5.73 Å². The van der Waals surface area contributed by atoms with Gasteiger partial charge < -0.3 is 5.73 Å². The smallest absolute Gasteiger partial charge is 0.123 e. The third kappa shape index (κ3) is 2.77. The molecule has 2 rings (SSSR count). The molecule has 94 valence electrons. The first-order valence-electron chi connectivity index (χ1n) is 6.19. The van der Waals surface area contributed by atoms with E-state index >= 15 is 0 Å². The molecule has 0 radical (unpaired) electrons. The number of benzene rings is 2. The summed E-state index contributed by atoms with van der Waals surface area (Å²) in [5.74, 6) is 0.280. The van der Waals surface area contributed by atoms with Crippen molar-refractivity contribution < 1.29 is 4.39 Å². The molecule has 1 unspecified atom stereocenters. The highest BCUT2D eigenvalue weighted by Gasteiger charge is 2.09. The lowest BCUT2D eigenvalue weighted by molar-refractivity contribution is 0.626. The topological polar surface area (TPSA) is 26.0 Å². The molecular weight excluding hydrogens is 225 g/mol. The van der Waals surface area contributed by atoms with Crippen LogP contribution in [0.25, 0.3) is 0 Å². The molecule has 0 saturated carbocycles. The largest absolute Gasteiger partial charge is 0.320 e. The number of halogens is 1. The molecule has 2 heteroatoms. The fourth-order valence-electron chi connectivity index (χ4n) is 1.95. The third-order valence-electron chi connectivity index (χ3n) is 3.19. The van der Waals surface area contributed by atoms with Crippen molar-refractivity contribution in [1.82, 2.24) is 0 Å². The quantitative estimate of drug-likeness (QED) is 0.866. The van der Waals surface area contributed by atoms with E-state index in [0.717, 1.165) is 11.1 Å². The van der Waals surface area contributed by atoms with Crippen LogP contribution in [-0.4, -0.2) is 0 Å². The third-order valence-corrected chi connectivity index (χ3v) is 3.19. The van der Waals surface area contributed by atoms with Crippen LogP contribution in [0, 0.1) is 5.82 Å². The Kier molecular flexibility index (Phi) is 3.78. The van der Waals surface area contributed by atoms with Crippen LogP contribution in [0.4, 0.5) is 4.39 Å². The summed E-state index contributed by atoms with van der Waals surface area (Å²) >= 11 is 0. The van der Waals surface area contributed by atoms with Gasteiger partial charge in [0.05, 0.1) is 6.04 Å². The van der Waals surface area contributed by atoms with Gasteiger partial charge in [-0.2, -0.15) is 0 Å². The van der Waals surface area contributed by atoms with E-state index < -0.39 is 0 Å². The Bertz CT molecular complexity index is 500. The van der Waals surface area contributed by atoms with E-state index in [4.69, 9.17) is 5.73 Å². The summed E-state index contributed by atoms with van der Waals surface area (Å²) in [5.41, 5.74) is 9.44. The maximum absolute atomic E-state index is 12.9. The predicted octanol–water partition coefficient (Wildman–Crippen LogP) is 4.00. The van der Waals surface area contributed by atoms with Crippen LogP contribution >= 0.6 is 0 Å². The molecule has 0 amide bonds. The summed E-state index contributed by atoms with van der Waals surface area (Å²) in [6.07, 6.45) is 0. The Morgan fingerprint density at radius 3 is 1.61 bits per heavy atom. The zero-order valence-corrected chi connectivity index (χ0v) is 10.7. The minimum atomic E-state index is -0.235. The molecule has 2 N–H and O–H groups in total. The molecule has 0 aliphatic carbocycles. The molecule has 0 saturated heterocycles. The highest BCUT2D eigenvalue weighted by molar-refractivity contribution is 5.33. The van der Waals surface area contributed by atoms with Crippen LogP contribution in [0.5, 0.6) is 0 Å². The van der Waals surface area contributed by atoms with E-state index in [1.54, 1.807) is 12.1 Å². The molecule has 0 fully saturated rings. The lowest BCUT2D eigenvalue weighted by atomic mass is 9.96. The monoisotopic (exact) mass is 243 g/mol. The van der Waals surface area contributed by atoms with Gasteiger partial charge in [-0.05, 0) is 34.7 Å². The van der Waals surface area contributed by atoms with Gasteiger partial charge >= 0.3 is 0 Å². The lowest BCUT2D eigenvalue weighted by Crippen LogP contribution is -2.11. The molecule has 1 nitrogen and oxygen atoms in total. The van der Waals surface area contributed by atoms with Crippen LogP contribution < -0.4 is 5.73 Å². The molecular formula is C16H18FN. The van der Waals surface area contributed by atoms with Gasteiger partial charge in [-0.1, -0.05) is 50.2 Å². The van der Waals surface area contributed by atoms with E-state index in [0.29, 0.717) is 5.92 Å². The van der Waals surface area contributed by atoms with Crippen molar-refractivity contribution >= 4 is 0 Å². The fourth-order valence-corrected chi connectivity index (χ4v) is 1.95. The summed E-state index contributed by atoms with van der Waals surface area (Å²) < 4.78 is 12.9. The Morgan fingerprint density at radius 2 is 1.17 bits per heavy atom. The predicted molar refractivity (Wildman–Crippen MR) is 73.0 cm³/mol. The van der Waals surface area contributed by atoms with Crippen LogP contribution in [-0.2, 0) is 0 Å². The second-order valence-electron chi connectivity index (χ2n) is 4.85. The first kappa shape index (κ1) is 12.8.